The number of hydrogen-bond acceptors (Lipinski definition) is 5. The molecule has 0 aliphatic rings. The normalized spacial score (nSPS) is 10.3. The number of benzene rings is 1. The molecular formula is C15H18N4O4. The van der Waals surface area contributed by atoms with Gasteiger partial charge in [0.05, 0.1) is 17.7 Å². The lowest BCUT2D eigenvalue weighted by Crippen LogP contribution is -2.25. The molecule has 0 aliphatic heterocycles. The molecule has 1 aromatic heterocycles. The number of methoxy groups -OCH3 is 1. The SMILES string of the molecule is COc1ccc(C(=O)NCCCn2ccc(C)n2)cc1[N+](=O)[O-]. The summed E-state index contributed by atoms with van der Waals surface area (Å²) in [4.78, 5) is 22.4. The van der Waals surface area contributed by atoms with E-state index < -0.39 is 4.92 Å². The Hall–Kier alpha value is -2.90. The number of carbonyl (C=O) groups is 1. The Balaban J connectivity index is 1.90. The average molecular weight is 318 g/mol. The Kier molecular flexibility index (Phi) is 5.29. The Labute approximate surface area is 133 Å². The van der Waals surface area contributed by atoms with Crippen LogP contribution in [0.2, 0.25) is 0 Å². The Bertz CT molecular complexity index is 711. The van der Waals surface area contributed by atoms with Crippen LogP contribution in [-0.4, -0.2) is 34.3 Å². The highest BCUT2D eigenvalue weighted by Crippen LogP contribution is 2.27. The van der Waals surface area contributed by atoms with E-state index in [1.165, 1.54) is 25.3 Å². The summed E-state index contributed by atoms with van der Waals surface area (Å²) in [6.07, 6.45) is 2.59. The number of nitro groups is 1. The first-order valence-corrected chi connectivity index (χ1v) is 7.12. The van der Waals surface area contributed by atoms with Crippen LogP contribution in [0.15, 0.2) is 30.5 Å². The lowest BCUT2D eigenvalue weighted by atomic mass is 10.1. The van der Waals surface area contributed by atoms with Crippen LogP contribution in [-0.2, 0) is 6.54 Å². The third kappa shape index (κ3) is 4.29. The minimum atomic E-state index is -0.574. The standard InChI is InChI=1S/C15H18N4O4/c1-11-6-9-18(17-11)8-3-7-16-15(20)12-4-5-14(23-2)13(10-12)19(21)22/h4-6,9-10H,3,7-8H2,1-2H3,(H,16,20). The van der Waals surface area contributed by atoms with Gasteiger partial charge in [-0.2, -0.15) is 5.10 Å². The molecule has 0 fully saturated rings. The zero-order valence-electron chi connectivity index (χ0n) is 13.0. The third-order valence-corrected chi connectivity index (χ3v) is 3.26. The predicted molar refractivity (Wildman–Crippen MR) is 83.6 cm³/mol. The predicted octanol–water partition coefficient (Wildman–Crippen LogP) is 1.93. The van der Waals surface area contributed by atoms with E-state index in [2.05, 4.69) is 10.4 Å². The molecule has 0 unspecified atom stereocenters. The number of ether oxygens (including phenoxy) is 1. The number of aryl methyl sites for hydroxylation is 2. The number of amides is 1. The fourth-order valence-electron chi connectivity index (χ4n) is 2.11. The van der Waals surface area contributed by atoms with Crippen LogP contribution in [0.25, 0.3) is 0 Å². The molecule has 0 spiro atoms. The summed E-state index contributed by atoms with van der Waals surface area (Å²) in [7, 11) is 1.35. The summed E-state index contributed by atoms with van der Waals surface area (Å²) in [5, 5.41) is 17.9. The molecular weight excluding hydrogens is 300 g/mol. The number of aromatic nitrogens is 2. The van der Waals surface area contributed by atoms with Crippen LogP contribution < -0.4 is 10.1 Å². The van der Waals surface area contributed by atoms with Gasteiger partial charge in [-0.05, 0) is 31.5 Å². The molecule has 1 N–H and O–H groups in total. The summed E-state index contributed by atoms with van der Waals surface area (Å²) in [6, 6.07) is 6.04. The van der Waals surface area contributed by atoms with E-state index in [0.717, 1.165) is 5.69 Å². The number of carbonyl (C=O) groups excluding carboxylic acids is 1. The van der Waals surface area contributed by atoms with Crippen molar-refractivity contribution < 1.29 is 14.5 Å². The van der Waals surface area contributed by atoms with Crippen LogP contribution in [0.1, 0.15) is 22.5 Å². The van der Waals surface area contributed by atoms with E-state index in [1.54, 1.807) is 4.68 Å². The molecule has 1 amide bonds. The highest BCUT2D eigenvalue weighted by Gasteiger charge is 2.17. The average Bonchev–Trinajstić information content (AvgIpc) is 2.96. The number of nitro benzene ring substituents is 1. The van der Waals surface area contributed by atoms with Crippen LogP contribution in [0.5, 0.6) is 5.75 Å². The zero-order chi connectivity index (χ0) is 16.8. The Morgan fingerprint density at radius 1 is 1.43 bits per heavy atom. The molecule has 1 heterocycles. The molecule has 0 radical (unpaired) electrons. The fraction of sp³-hybridized carbons (Fsp3) is 0.333. The quantitative estimate of drug-likeness (QED) is 0.478. The van der Waals surface area contributed by atoms with E-state index in [4.69, 9.17) is 4.74 Å². The highest BCUT2D eigenvalue weighted by molar-refractivity contribution is 5.95. The molecule has 8 nitrogen and oxygen atoms in total. The van der Waals surface area contributed by atoms with Crippen molar-refractivity contribution in [3.05, 3.63) is 51.8 Å². The number of rotatable bonds is 7. The van der Waals surface area contributed by atoms with Gasteiger partial charge in [-0.1, -0.05) is 0 Å². The second-order valence-corrected chi connectivity index (χ2v) is 4.97. The molecule has 122 valence electrons. The van der Waals surface area contributed by atoms with E-state index in [0.29, 0.717) is 19.5 Å². The molecule has 0 saturated heterocycles. The second kappa shape index (κ2) is 7.39. The highest BCUT2D eigenvalue weighted by atomic mass is 16.6. The molecule has 0 bridgehead atoms. The minimum Gasteiger partial charge on any atom is -0.490 e. The van der Waals surface area contributed by atoms with Gasteiger partial charge in [0.2, 0.25) is 0 Å². The van der Waals surface area contributed by atoms with Crippen molar-refractivity contribution >= 4 is 11.6 Å². The smallest absolute Gasteiger partial charge is 0.311 e. The molecule has 0 aliphatic carbocycles. The van der Waals surface area contributed by atoms with Crippen LogP contribution >= 0.6 is 0 Å². The zero-order valence-corrected chi connectivity index (χ0v) is 13.0. The van der Waals surface area contributed by atoms with Crippen molar-refractivity contribution in [1.82, 2.24) is 15.1 Å². The molecule has 2 aromatic rings. The van der Waals surface area contributed by atoms with Gasteiger partial charge in [0, 0.05) is 30.9 Å². The van der Waals surface area contributed by atoms with Crippen molar-refractivity contribution in [2.75, 3.05) is 13.7 Å². The molecule has 2 rings (SSSR count). The summed E-state index contributed by atoms with van der Waals surface area (Å²) in [5.41, 5.74) is 0.944. The van der Waals surface area contributed by atoms with E-state index in [9.17, 15) is 14.9 Å². The monoisotopic (exact) mass is 318 g/mol. The van der Waals surface area contributed by atoms with Gasteiger partial charge in [-0.25, -0.2) is 0 Å². The maximum Gasteiger partial charge on any atom is 0.311 e. The maximum absolute atomic E-state index is 12.0. The molecule has 1 aromatic carbocycles. The minimum absolute atomic E-state index is 0.126. The van der Waals surface area contributed by atoms with Crippen molar-refractivity contribution in [1.29, 1.82) is 0 Å². The van der Waals surface area contributed by atoms with Gasteiger partial charge in [0.15, 0.2) is 5.75 Å². The Morgan fingerprint density at radius 2 is 2.22 bits per heavy atom. The van der Waals surface area contributed by atoms with Crippen molar-refractivity contribution in [3.63, 3.8) is 0 Å². The summed E-state index contributed by atoms with van der Waals surface area (Å²) in [5.74, 6) is -0.229. The summed E-state index contributed by atoms with van der Waals surface area (Å²) < 4.78 is 6.71. The van der Waals surface area contributed by atoms with Gasteiger partial charge < -0.3 is 10.1 Å². The topological polar surface area (TPSA) is 99.3 Å². The first kappa shape index (κ1) is 16.5. The van der Waals surface area contributed by atoms with E-state index >= 15 is 0 Å². The lowest BCUT2D eigenvalue weighted by molar-refractivity contribution is -0.385. The Morgan fingerprint density at radius 3 is 2.83 bits per heavy atom. The van der Waals surface area contributed by atoms with Crippen molar-refractivity contribution in [3.8, 4) is 5.75 Å². The number of nitrogens with zero attached hydrogens (tertiary/aromatic N) is 3. The van der Waals surface area contributed by atoms with Gasteiger partial charge in [-0.3, -0.25) is 19.6 Å². The van der Waals surface area contributed by atoms with Gasteiger partial charge in [0.1, 0.15) is 0 Å². The summed E-state index contributed by atoms with van der Waals surface area (Å²) >= 11 is 0. The molecule has 23 heavy (non-hydrogen) atoms. The van der Waals surface area contributed by atoms with Gasteiger partial charge in [0.25, 0.3) is 5.91 Å². The van der Waals surface area contributed by atoms with Crippen LogP contribution in [0, 0.1) is 17.0 Å². The van der Waals surface area contributed by atoms with Crippen molar-refractivity contribution in [2.45, 2.75) is 19.9 Å². The van der Waals surface area contributed by atoms with Crippen LogP contribution in [0.3, 0.4) is 0 Å². The number of hydrogen-bond donors (Lipinski definition) is 1. The van der Waals surface area contributed by atoms with E-state index in [-0.39, 0.29) is 22.9 Å². The molecule has 0 saturated carbocycles. The van der Waals surface area contributed by atoms with E-state index in [1.807, 2.05) is 19.2 Å². The lowest BCUT2D eigenvalue weighted by Gasteiger charge is -2.07. The first-order chi connectivity index (χ1) is 11.0. The van der Waals surface area contributed by atoms with Crippen molar-refractivity contribution in [2.24, 2.45) is 0 Å². The largest absolute Gasteiger partial charge is 0.490 e. The van der Waals surface area contributed by atoms with Gasteiger partial charge >= 0.3 is 5.69 Å². The third-order valence-electron chi connectivity index (χ3n) is 3.26. The summed E-state index contributed by atoms with van der Waals surface area (Å²) in [6.45, 7) is 3.06. The van der Waals surface area contributed by atoms with Gasteiger partial charge in [-0.15, -0.1) is 0 Å². The second-order valence-electron chi connectivity index (χ2n) is 4.97. The van der Waals surface area contributed by atoms with Crippen LogP contribution in [0.4, 0.5) is 5.69 Å². The number of nitrogens with one attached hydrogen (secondary N) is 1. The maximum atomic E-state index is 12.0. The fourth-order valence-corrected chi connectivity index (χ4v) is 2.11. The first-order valence-electron chi connectivity index (χ1n) is 7.12. The molecule has 8 heteroatoms. The molecule has 0 atom stereocenters.